The van der Waals surface area contributed by atoms with Crippen LogP contribution in [0.4, 0.5) is 25.1 Å². The topological polar surface area (TPSA) is 79.2 Å². The van der Waals surface area contributed by atoms with Crippen molar-refractivity contribution in [2.24, 2.45) is 0 Å². The van der Waals surface area contributed by atoms with Crippen LogP contribution < -0.4 is 10.2 Å². The van der Waals surface area contributed by atoms with E-state index in [2.05, 4.69) is 20.6 Å². The second-order valence-electron chi connectivity index (χ2n) is 6.68. The second kappa shape index (κ2) is 7.82. The van der Waals surface area contributed by atoms with Gasteiger partial charge in [-0.25, -0.2) is 18.3 Å². The number of benzene rings is 1. The summed E-state index contributed by atoms with van der Waals surface area (Å²) in [5, 5.41) is 15.4. The Morgan fingerprint density at radius 2 is 1.69 bits per heavy atom. The van der Waals surface area contributed by atoms with E-state index < -0.39 is 11.6 Å². The minimum Gasteiger partial charge on any atom is -0.352 e. The predicted octanol–water partition coefficient (Wildman–Crippen LogP) is 2.60. The number of amides is 2. The van der Waals surface area contributed by atoms with Gasteiger partial charge < -0.3 is 15.1 Å². The van der Waals surface area contributed by atoms with E-state index >= 15 is 0 Å². The molecule has 29 heavy (non-hydrogen) atoms. The molecular weight excluding hydrogens is 380 g/mol. The third-order valence-electron chi connectivity index (χ3n) is 4.66. The van der Waals surface area contributed by atoms with Crippen molar-refractivity contribution in [2.45, 2.75) is 6.92 Å². The number of nitrogens with one attached hydrogen (secondary N) is 1. The monoisotopic (exact) mass is 399 g/mol. The lowest BCUT2D eigenvalue weighted by molar-refractivity contribution is 0.208. The van der Waals surface area contributed by atoms with Gasteiger partial charge in [-0.05, 0) is 37.3 Å². The molecule has 1 N–H and O–H groups in total. The summed E-state index contributed by atoms with van der Waals surface area (Å²) in [6.45, 7) is 4.01. The van der Waals surface area contributed by atoms with Crippen molar-refractivity contribution in [1.82, 2.24) is 24.9 Å². The first-order chi connectivity index (χ1) is 14.0. The third kappa shape index (κ3) is 4.15. The largest absolute Gasteiger partial charge is 0.352 e. The van der Waals surface area contributed by atoms with Gasteiger partial charge >= 0.3 is 6.03 Å². The first-order valence-electron chi connectivity index (χ1n) is 9.12. The quantitative estimate of drug-likeness (QED) is 0.733. The van der Waals surface area contributed by atoms with E-state index in [9.17, 15) is 13.6 Å². The van der Waals surface area contributed by atoms with Crippen LogP contribution in [0.15, 0.2) is 42.6 Å². The van der Waals surface area contributed by atoms with Crippen LogP contribution in [-0.2, 0) is 0 Å². The molecule has 1 aromatic carbocycles. The number of aromatic nitrogens is 4. The number of hydrogen-bond donors (Lipinski definition) is 1. The summed E-state index contributed by atoms with van der Waals surface area (Å²) < 4.78 is 27.9. The van der Waals surface area contributed by atoms with Crippen molar-refractivity contribution >= 4 is 17.5 Å². The molecular formula is C19H19F2N7O. The van der Waals surface area contributed by atoms with Gasteiger partial charge in [-0.15, -0.1) is 10.2 Å². The average molecular weight is 399 g/mol. The third-order valence-corrected chi connectivity index (χ3v) is 4.66. The molecule has 0 bridgehead atoms. The maximum absolute atomic E-state index is 13.3. The lowest BCUT2D eigenvalue weighted by atomic mass is 10.3. The van der Waals surface area contributed by atoms with Gasteiger partial charge in [0.2, 0.25) is 0 Å². The highest BCUT2D eigenvalue weighted by atomic mass is 19.2. The van der Waals surface area contributed by atoms with Crippen molar-refractivity contribution in [1.29, 1.82) is 0 Å². The van der Waals surface area contributed by atoms with Crippen LogP contribution in [0.25, 0.3) is 5.82 Å². The van der Waals surface area contributed by atoms with Gasteiger partial charge in [0, 0.05) is 44.1 Å². The molecule has 2 aromatic heterocycles. The van der Waals surface area contributed by atoms with Gasteiger partial charge in [0.05, 0.1) is 5.69 Å². The molecule has 8 nitrogen and oxygen atoms in total. The summed E-state index contributed by atoms with van der Waals surface area (Å²) in [6, 6.07) is 8.52. The molecule has 1 saturated heterocycles. The van der Waals surface area contributed by atoms with Crippen LogP contribution in [0.1, 0.15) is 5.69 Å². The van der Waals surface area contributed by atoms with Crippen molar-refractivity contribution in [3.05, 3.63) is 59.9 Å². The minimum absolute atomic E-state index is 0.214. The van der Waals surface area contributed by atoms with E-state index in [4.69, 9.17) is 0 Å². The molecule has 2 amide bonds. The first-order valence-corrected chi connectivity index (χ1v) is 9.12. The molecule has 1 aliphatic heterocycles. The fourth-order valence-corrected chi connectivity index (χ4v) is 3.07. The second-order valence-corrected chi connectivity index (χ2v) is 6.68. The van der Waals surface area contributed by atoms with E-state index in [1.54, 1.807) is 9.58 Å². The molecule has 3 heterocycles. The molecule has 1 aliphatic rings. The fourth-order valence-electron chi connectivity index (χ4n) is 3.07. The standard InChI is InChI=1S/C19H19F2N7O/c1-13-6-7-28(25-13)18-5-4-17(23-24-18)26-8-10-27(11-9-26)19(29)22-14-2-3-15(20)16(21)12-14/h2-7,12H,8-11H2,1H3,(H,22,29). The van der Waals surface area contributed by atoms with E-state index in [0.717, 1.165) is 23.6 Å². The van der Waals surface area contributed by atoms with E-state index in [1.807, 2.05) is 36.2 Å². The molecule has 1 fully saturated rings. The Bertz CT molecular complexity index is 1010. The number of rotatable bonds is 3. The zero-order chi connectivity index (χ0) is 20.4. The van der Waals surface area contributed by atoms with Crippen molar-refractivity contribution in [3.63, 3.8) is 0 Å². The van der Waals surface area contributed by atoms with Gasteiger partial charge in [0.15, 0.2) is 23.3 Å². The molecule has 0 unspecified atom stereocenters. The van der Waals surface area contributed by atoms with Crippen LogP contribution >= 0.6 is 0 Å². The minimum atomic E-state index is -1.00. The van der Waals surface area contributed by atoms with Crippen LogP contribution in [0.5, 0.6) is 0 Å². The number of halogens is 2. The Kier molecular flexibility index (Phi) is 5.07. The van der Waals surface area contributed by atoms with E-state index in [0.29, 0.717) is 32.0 Å². The molecule has 10 heteroatoms. The number of anilines is 2. The highest BCUT2D eigenvalue weighted by molar-refractivity contribution is 5.89. The number of nitrogens with zero attached hydrogens (tertiary/aromatic N) is 6. The molecule has 0 saturated carbocycles. The van der Waals surface area contributed by atoms with Gasteiger partial charge in [0.1, 0.15) is 0 Å². The maximum Gasteiger partial charge on any atom is 0.321 e. The number of urea groups is 1. The molecule has 0 aliphatic carbocycles. The number of hydrogen-bond acceptors (Lipinski definition) is 5. The zero-order valence-electron chi connectivity index (χ0n) is 15.7. The first kappa shape index (κ1) is 18.8. The average Bonchev–Trinajstić information content (AvgIpc) is 3.17. The summed E-state index contributed by atoms with van der Waals surface area (Å²) in [5.41, 5.74) is 1.11. The summed E-state index contributed by atoms with van der Waals surface area (Å²) in [6.07, 6.45) is 1.82. The lowest BCUT2D eigenvalue weighted by Gasteiger charge is -2.35. The van der Waals surface area contributed by atoms with Gasteiger partial charge in [-0.1, -0.05) is 0 Å². The van der Waals surface area contributed by atoms with Gasteiger partial charge in [0.25, 0.3) is 0 Å². The van der Waals surface area contributed by atoms with Crippen LogP contribution in [0.2, 0.25) is 0 Å². The SMILES string of the molecule is Cc1ccn(-c2ccc(N3CCN(C(=O)Nc4ccc(F)c(F)c4)CC3)nn2)n1. The highest BCUT2D eigenvalue weighted by Gasteiger charge is 2.22. The van der Waals surface area contributed by atoms with Crippen molar-refractivity contribution in [2.75, 3.05) is 36.4 Å². The smallest absolute Gasteiger partial charge is 0.321 e. The van der Waals surface area contributed by atoms with Crippen molar-refractivity contribution in [3.8, 4) is 5.82 Å². The van der Waals surface area contributed by atoms with Gasteiger partial charge in [-0.2, -0.15) is 5.10 Å². The number of aryl methyl sites for hydroxylation is 1. The van der Waals surface area contributed by atoms with E-state index in [1.165, 1.54) is 6.07 Å². The summed E-state index contributed by atoms with van der Waals surface area (Å²) >= 11 is 0. The van der Waals surface area contributed by atoms with Crippen molar-refractivity contribution < 1.29 is 13.6 Å². The van der Waals surface area contributed by atoms with E-state index in [-0.39, 0.29) is 11.7 Å². The molecule has 4 rings (SSSR count). The zero-order valence-corrected chi connectivity index (χ0v) is 15.7. The predicted molar refractivity (Wildman–Crippen MR) is 103 cm³/mol. The van der Waals surface area contributed by atoms with Crippen LogP contribution in [0.3, 0.4) is 0 Å². The fraction of sp³-hybridized carbons (Fsp3) is 0.263. The Morgan fingerprint density at radius 1 is 0.966 bits per heavy atom. The summed E-state index contributed by atoms with van der Waals surface area (Å²) in [5.74, 6) is -0.601. The highest BCUT2D eigenvalue weighted by Crippen LogP contribution is 2.17. The summed E-state index contributed by atoms with van der Waals surface area (Å²) in [4.78, 5) is 16.0. The Morgan fingerprint density at radius 3 is 2.31 bits per heavy atom. The van der Waals surface area contributed by atoms with Crippen LogP contribution in [-0.4, -0.2) is 57.1 Å². The number of piperazine rings is 1. The lowest BCUT2D eigenvalue weighted by Crippen LogP contribution is -2.50. The molecule has 0 atom stereocenters. The molecule has 0 radical (unpaired) electrons. The Balaban J connectivity index is 1.34. The normalized spacial score (nSPS) is 14.2. The summed E-state index contributed by atoms with van der Waals surface area (Å²) in [7, 11) is 0. The van der Waals surface area contributed by atoms with Gasteiger partial charge in [-0.3, -0.25) is 0 Å². The number of carbonyl (C=O) groups is 1. The molecule has 150 valence electrons. The van der Waals surface area contributed by atoms with Crippen LogP contribution in [0, 0.1) is 18.6 Å². The Hall–Kier alpha value is -3.56. The number of carbonyl (C=O) groups excluding carboxylic acids is 1. The Labute approximate surface area is 165 Å². The maximum atomic E-state index is 13.3. The molecule has 3 aromatic rings. The molecule has 0 spiro atoms.